The Morgan fingerprint density at radius 2 is 2.27 bits per heavy atom. The number of thiophene rings is 1. The molecule has 0 radical (unpaired) electrons. The Kier molecular flexibility index (Phi) is 4.00. The van der Waals surface area contributed by atoms with Gasteiger partial charge in [0.2, 0.25) is 5.91 Å². The van der Waals surface area contributed by atoms with Crippen molar-refractivity contribution in [2.45, 2.75) is 24.9 Å². The molecule has 1 aromatic rings. The van der Waals surface area contributed by atoms with Gasteiger partial charge < -0.3 is 11.1 Å². The second-order valence-electron chi connectivity index (χ2n) is 3.54. The van der Waals surface area contributed by atoms with E-state index in [0.29, 0.717) is 6.54 Å². The molecule has 3 nitrogen and oxygen atoms in total. The standard InChI is InChI=1S/C9H11ClN2OS.ClH/c10-7-2-1-6(14-7)5-12-8(13)9(11)3-4-9;/h1-2H,3-5,11H2,(H,12,13);1H. The predicted octanol–water partition coefficient (Wildman–Crippen LogP) is 1.93. The fourth-order valence-electron chi connectivity index (χ4n) is 1.15. The molecule has 1 fully saturated rings. The largest absolute Gasteiger partial charge is 0.350 e. The van der Waals surface area contributed by atoms with E-state index in [-0.39, 0.29) is 18.3 Å². The van der Waals surface area contributed by atoms with Gasteiger partial charge >= 0.3 is 0 Å². The molecule has 0 bridgehead atoms. The molecule has 6 heteroatoms. The Labute approximate surface area is 103 Å². The van der Waals surface area contributed by atoms with Crippen molar-refractivity contribution < 1.29 is 4.79 Å². The SMILES string of the molecule is Cl.NC1(C(=O)NCc2ccc(Cl)s2)CC1. The number of halogens is 2. The topological polar surface area (TPSA) is 55.1 Å². The van der Waals surface area contributed by atoms with Gasteiger partial charge in [0.05, 0.1) is 16.4 Å². The quantitative estimate of drug-likeness (QED) is 0.879. The van der Waals surface area contributed by atoms with Crippen LogP contribution in [0.25, 0.3) is 0 Å². The molecule has 0 atom stereocenters. The van der Waals surface area contributed by atoms with Gasteiger partial charge in [0, 0.05) is 4.88 Å². The van der Waals surface area contributed by atoms with Crippen molar-refractivity contribution in [1.82, 2.24) is 5.32 Å². The summed E-state index contributed by atoms with van der Waals surface area (Å²) >= 11 is 7.23. The third-order valence-corrected chi connectivity index (χ3v) is 3.52. The van der Waals surface area contributed by atoms with Gasteiger partial charge in [-0.2, -0.15) is 0 Å². The average Bonchev–Trinajstić information content (AvgIpc) is 2.76. The fourth-order valence-corrected chi connectivity index (χ4v) is 2.18. The van der Waals surface area contributed by atoms with Crippen molar-refractivity contribution >= 4 is 41.3 Å². The highest BCUT2D eigenvalue weighted by Crippen LogP contribution is 2.32. The Morgan fingerprint density at radius 1 is 1.60 bits per heavy atom. The van der Waals surface area contributed by atoms with Gasteiger partial charge in [-0.25, -0.2) is 0 Å². The van der Waals surface area contributed by atoms with Crippen LogP contribution >= 0.6 is 35.3 Å². The minimum absolute atomic E-state index is 0. The lowest BCUT2D eigenvalue weighted by atomic mass is 10.3. The van der Waals surface area contributed by atoms with Crippen LogP contribution in [0.15, 0.2) is 12.1 Å². The van der Waals surface area contributed by atoms with Crippen molar-refractivity contribution in [3.8, 4) is 0 Å². The number of hydrogen-bond acceptors (Lipinski definition) is 3. The molecule has 1 saturated carbocycles. The lowest BCUT2D eigenvalue weighted by Gasteiger charge is -2.08. The minimum Gasteiger partial charge on any atom is -0.350 e. The molecule has 1 aromatic heterocycles. The molecule has 1 amide bonds. The van der Waals surface area contributed by atoms with E-state index in [1.165, 1.54) is 11.3 Å². The molecule has 0 aromatic carbocycles. The molecule has 1 heterocycles. The summed E-state index contributed by atoms with van der Waals surface area (Å²) in [5, 5.41) is 2.80. The van der Waals surface area contributed by atoms with E-state index in [1.54, 1.807) is 0 Å². The van der Waals surface area contributed by atoms with E-state index in [0.717, 1.165) is 22.1 Å². The molecule has 1 aliphatic rings. The molecule has 0 aliphatic heterocycles. The highest BCUT2D eigenvalue weighted by atomic mass is 35.5. The lowest BCUT2D eigenvalue weighted by Crippen LogP contribution is -2.42. The molecular formula is C9H12Cl2N2OS. The molecule has 0 unspecified atom stereocenters. The molecule has 3 N–H and O–H groups in total. The predicted molar refractivity (Wildman–Crippen MR) is 64.6 cm³/mol. The summed E-state index contributed by atoms with van der Waals surface area (Å²) in [7, 11) is 0. The first-order chi connectivity index (χ1) is 6.60. The minimum atomic E-state index is -0.582. The van der Waals surface area contributed by atoms with Crippen LogP contribution in [-0.2, 0) is 11.3 Å². The van der Waals surface area contributed by atoms with Crippen LogP contribution in [0.2, 0.25) is 4.34 Å². The number of nitrogens with two attached hydrogens (primary N) is 1. The van der Waals surface area contributed by atoms with Gasteiger partial charge in [0.1, 0.15) is 0 Å². The second kappa shape index (κ2) is 4.70. The van der Waals surface area contributed by atoms with Gasteiger partial charge in [-0.15, -0.1) is 23.7 Å². The summed E-state index contributed by atoms with van der Waals surface area (Å²) < 4.78 is 0.739. The normalized spacial score (nSPS) is 16.7. The maximum Gasteiger partial charge on any atom is 0.240 e. The fraction of sp³-hybridized carbons (Fsp3) is 0.444. The van der Waals surface area contributed by atoms with Gasteiger partial charge in [0.15, 0.2) is 0 Å². The zero-order valence-corrected chi connectivity index (χ0v) is 10.3. The zero-order chi connectivity index (χ0) is 10.2. The van der Waals surface area contributed by atoms with E-state index >= 15 is 0 Å². The van der Waals surface area contributed by atoms with E-state index in [2.05, 4.69) is 5.32 Å². The maximum atomic E-state index is 11.4. The second-order valence-corrected chi connectivity index (χ2v) is 5.34. The van der Waals surface area contributed by atoms with Gasteiger partial charge in [-0.3, -0.25) is 4.79 Å². The highest BCUT2D eigenvalue weighted by Gasteiger charge is 2.45. The number of rotatable bonds is 3. The Hall–Kier alpha value is -0.290. The smallest absolute Gasteiger partial charge is 0.240 e. The molecule has 84 valence electrons. The van der Waals surface area contributed by atoms with Crippen molar-refractivity contribution in [2.24, 2.45) is 5.73 Å². The summed E-state index contributed by atoms with van der Waals surface area (Å²) in [5.41, 5.74) is 5.14. The molecular weight excluding hydrogens is 255 g/mol. The van der Waals surface area contributed by atoms with Crippen LogP contribution in [0.4, 0.5) is 0 Å². The summed E-state index contributed by atoms with van der Waals surface area (Å²) in [6, 6.07) is 3.73. The third-order valence-electron chi connectivity index (χ3n) is 2.29. The highest BCUT2D eigenvalue weighted by molar-refractivity contribution is 7.16. The zero-order valence-electron chi connectivity index (χ0n) is 7.96. The van der Waals surface area contributed by atoms with Crippen LogP contribution in [-0.4, -0.2) is 11.4 Å². The Morgan fingerprint density at radius 3 is 2.73 bits per heavy atom. The number of nitrogens with one attached hydrogen (secondary N) is 1. The monoisotopic (exact) mass is 266 g/mol. The number of carbonyl (C=O) groups is 1. The lowest BCUT2D eigenvalue weighted by molar-refractivity contribution is -0.123. The summed E-state index contributed by atoms with van der Waals surface area (Å²) in [5.74, 6) is -0.0537. The summed E-state index contributed by atoms with van der Waals surface area (Å²) in [4.78, 5) is 12.5. The molecule has 2 rings (SSSR count). The van der Waals surface area contributed by atoms with Crippen molar-refractivity contribution in [3.63, 3.8) is 0 Å². The first-order valence-corrected chi connectivity index (χ1v) is 5.61. The first kappa shape index (κ1) is 12.8. The Bertz CT molecular complexity index is 363. The number of amides is 1. The van der Waals surface area contributed by atoms with Crippen LogP contribution in [0, 0.1) is 0 Å². The summed E-state index contributed by atoms with van der Waals surface area (Å²) in [6.07, 6.45) is 1.59. The third kappa shape index (κ3) is 3.08. The van der Waals surface area contributed by atoms with Crippen molar-refractivity contribution in [2.75, 3.05) is 0 Å². The van der Waals surface area contributed by atoms with E-state index in [9.17, 15) is 4.79 Å². The molecule has 0 spiro atoms. The van der Waals surface area contributed by atoms with Crippen LogP contribution in [0.3, 0.4) is 0 Å². The molecule has 1 aliphatic carbocycles. The van der Waals surface area contributed by atoms with E-state index in [4.69, 9.17) is 17.3 Å². The van der Waals surface area contributed by atoms with E-state index in [1.807, 2.05) is 12.1 Å². The van der Waals surface area contributed by atoms with E-state index < -0.39 is 5.54 Å². The Balaban J connectivity index is 0.00000112. The van der Waals surface area contributed by atoms with Crippen LogP contribution < -0.4 is 11.1 Å². The molecule has 0 saturated heterocycles. The average molecular weight is 267 g/mol. The first-order valence-electron chi connectivity index (χ1n) is 4.41. The molecule has 15 heavy (non-hydrogen) atoms. The van der Waals surface area contributed by atoms with Gasteiger partial charge in [-0.05, 0) is 25.0 Å². The number of hydrogen-bond donors (Lipinski definition) is 2. The van der Waals surface area contributed by atoms with Crippen LogP contribution in [0.1, 0.15) is 17.7 Å². The van der Waals surface area contributed by atoms with Gasteiger partial charge in [-0.1, -0.05) is 11.6 Å². The van der Waals surface area contributed by atoms with Gasteiger partial charge in [0.25, 0.3) is 0 Å². The van der Waals surface area contributed by atoms with Crippen molar-refractivity contribution in [1.29, 1.82) is 0 Å². The number of carbonyl (C=O) groups excluding carboxylic acids is 1. The summed E-state index contributed by atoms with van der Waals surface area (Å²) in [6.45, 7) is 0.523. The maximum absolute atomic E-state index is 11.4. The van der Waals surface area contributed by atoms with Crippen LogP contribution in [0.5, 0.6) is 0 Å². The van der Waals surface area contributed by atoms with Crippen molar-refractivity contribution in [3.05, 3.63) is 21.3 Å².